The Morgan fingerprint density at radius 3 is 2.75 bits per heavy atom. The van der Waals surface area contributed by atoms with Gasteiger partial charge < -0.3 is 5.11 Å². The second kappa shape index (κ2) is 4.27. The normalized spacial score (nSPS) is 12.9. The molecule has 0 fully saturated rings. The van der Waals surface area contributed by atoms with Crippen LogP contribution in [0.25, 0.3) is 0 Å². The Morgan fingerprint density at radius 1 is 1.42 bits per heavy atom. The van der Waals surface area contributed by atoms with Crippen LogP contribution in [0, 0.1) is 6.92 Å². The summed E-state index contributed by atoms with van der Waals surface area (Å²) in [4.78, 5) is 0. The van der Waals surface area contributed by atoms with Gasteiger partial charge in [0.15, 0.2) is 0 Å². The van der Waals surface area contributed by atoms with E-state index in [9.17, 15) is 0 Å². The van der Waals surface area contributed by atoms with Gasteiger partial charge in [0.25, 0.3) is 0 Å². The maximum atomic E-state index is 9.08. The fraction of sp³-hybridized carbons (Fsp3) is 0.455. The van der Waals surface area contributed by atoms with Crippen molar-refractivity contribution in [2.75, 3.05) is 0 Å². The van der Waals surface area contributed by atoms with Crippen LogP contribution in [-0.4, -0.2) is 11.2 Å². The van der Waals surface area contributed by atoms with Crippen molar-refractivity contribution in [3.63, 3.8) is 0 Å². The van der Waals surface area contributed by atoms with Crippen LogP contribution in [0.4, 0.5) is 0 Å². The van der Waals surface area contributed by atoms with E-state index in [1.54, 1.807) is 0 Å². The molecule has 1 aromatic carbocycles. The molecule has 1 N–H and O–H groups in total. The van der Waals surface area contributed by atoms with Gasteiger partial charge in [0.1, 0.15) is 0 Å². The van der Waals surface area contributed by atoms with Crippen molar-refractivity contribution in [2.45, 2.75) is 32.8 Å². The number of aryl methyl sites for hydroxylation is 2. The van der Waals surface area contributed by atoms with Crippen molar-refractivity contribution < 1.29 is 5.11 Å². The third-order valence-electron chi connectivity index (χ3n) is 1.93. The molecule has 0 aromatic heterocycles. The van der Waals surface area contributed by atoms with Crippen LogP contribution in [0.1, 0.15) is 24.5 Å². The molecule has 1 rings (SSSR count). The van der Waals surface area contributed by atoms with Crippen molar-refractivity contribution in [2.24, 2.45) is 0 Å². The zero-order chi connectivity index (χ0) is 8.97. The maximum Gasteiger partial charge on any atom is 0.0515 e. The summed E-state index contributed by atoms with van der Waals surface area (Å²) in [6, 6.07) is 8.43. The molecule has 0 spiro atoms. The molecule has 12 heavy (non-hydrogen) atoms. The first-order valence-electron chi connectivity index (χ1n) is 4.42. The van der Waals surface area contributed by atoms with Crippen LogP contribution in [0.15, 0.2) is 24.3 Å². The molecule has 0 aliphatic heterocycles. The lowest BCUT2D eigenvalue weighted by Crippen LogP contribution is -2.01. The standard InChI is InChI=1S/C11H16O/c1-9-4-3-5-11(8-9)7-6-10(2)12/h3-5,8,10,12H,6-7H2,1-2H3/t10-/m1/s1. The van der Waals surface area contributed by atoms with Crippen LogP contribution in [0.5, 0.6) is 0 Å². The number of aliphatic hydroxyl groups is 1. The number of benzene rings is 1. The Morgan fingerprint density at radius 2 is 2.17 bits per heavy atom. The number of rotatable bonds is 3. The lowest BCUT2D eigenvalue weighted by Gasteiger charge is -2.04. The van der Waals surface area contributed by atoms with E-state index < -0.39 is 0 Å². The number of hydrogen-bond donors (Lipinski definition) is 1. The lowest BCUT2D eigenvalue weighted by atomic mass is 10.1. The number of aliphatic hydroxyl groups excluding tert-OH is 1. The smallest absolute Gasteiger partial charge is 0.0515 e. The Balaban J connectivity index is 2.52. The predicted octanol–water partition coefficient (Wildman–Crippen LogP) is 2.31. The quantitative estimate of drug-likeness (QED) is 0.726. The largest absolute Gasteiger partial charge is 0.393 e. The highest BCUT2D eigenvalue weighted by Gasteiger charge is 1.97. The monoisotopic (exact) mass is 164 g/mol. The Labute approximate surface area is 74.1 Å². The molecule has 1 nitrogen and oxygen atoms in total. The molecular formula is C11H16O. The van der Waals surface area contributed by atoms with Crippen LogP contribution in [0.2, 0.25) is 0 Å². The zero-order valence-electron chi connectivity index (χ0n) is 7.75. The second-order valence-corrected chi connectivity index (χ2v) is 3.38. The zero-order valence-corrected chi connectivity index (χ0v) is 7.75. The lowest BCUT2D eigenvalue weighted by molar-refractivity contribution is 0.185. The van der Waals surface area contributed by atoms with Gasteiger partial charge in [-0.25, -0.2) is 0 Å². The van der Waals surface area contributed by atoms with Crippen molar-refractivity contribution in [1.29, 1.82) is 0 Å². The molecule has 1 aromatic rings. The van der Waals surface area contributed by atoms with Gasteiger partial charge in [0.2, 0.25) is 0 Å². The molecule has 66 valence electrons. The van der Waals surface area contributed by atoms with Crippen LogP contribution >= 0.6 is 0 Å². The SMILES string of the molecule is Cc1cccc(CC[C@@H](C)O)c1. The third-order valence-corrected chi connectivity index (χ3v) is 1.93. The fourth-order valence-corrected chi connectivity index (χ4v) is 1.24. The van der Waals surface area contributed by atoms with Gasteiger partial charge in [0, 0.05) is 0 Å². The predicted molar refractivity (Wildman–Crippen MR) is 51.2 cm³/mol. The van der Waals surface area contributed by atoms with Crippen molar-refractivity contribution in [1.82, 2.24) is 0 Å². The summed E-state index contributed by atoms with van der Waals surface area (Å²) < 4.78 is 0. The average molecular weight is 164 g/mol. The van der Waals surface area contributed by atoms with Crippen molar-refractivity contribution in [3.05, 3.63) is 35.4 Å². The van der Waals surface area contributed by atoms with Gasteiger partial charge >= 0.3 is 0 Å². The van der Waals surface area contributed by atoms with E-state index in [2.05, 4.69) is 31.2 Å². The molecule has 1 atom stereocenters. The Hall–Kier alpha value is -0.820. The summed E-state index contributed by atoms with van der Waals surface area (Å²) in [6.07, 6.45) is 1.63. The minimum absolute atomic E-state index is 0.189. The van der Waals surface area contributed by atoms with E-state index in [1.807, 2.05) is 6.92 Å². The molecular weight excluding hydrogens is 148 g/mol. The van der Waals surface area contributed by atoms with E-state index in [1.165, 1.54) is 11.1 Å². The first kappa shape index (κ1) is 9.27. The molecule has 0 aliphatic carbocycles. The highest BCUT2D eigenvalue weighted by Crippen LogP contribution is 2.07. The molecule has 0 bridgehead atoms. The van der Waals surface area contributed by atoms with Crippen LogP contribution in [-0.2, 0) is 6.42 Å². The van der Waals surface area contributed by atoms with Crippen LogP contribution in [0.3, 0.4) is 0 Å². The minimum Gasteiger partial charge on any atom is -0.393 e. The number of hydrogen-bond acceptors (Lipinski definition) is 1. The van der Waals surface area contributed by atoms with E-state index in [0.29, 0.717) is 0 Å². The summed E-state index contributed by atoms with van der Waals surface area (Å²) >= 11 is 0. The minimum atomic E-state index is -0.189. The van der Waals surface area contributed by atoms with Crippen molar-refractivity contribution in [3.8, 4) is 0 Å². The van der Waals surface area contributed by atoms with Crippen LogP contribution < -0.4 is 0 Å². The van der Waals surface area contributed by atoms with E-state index >= 15 is 0 Å². The fourth-order valence-electron chi connectivity index (χ4n) is 1.24. The molecule has 0 radical (unpaired) electrons. The van der Waals surface area contributed by atoms with Gasteiger partial charge in [-0.1, -0.05) is 29.8 Å². The highest BCUT2D eigenvalue weighted by molar-refractivity contribution is 5.22. The summed E-state index contributed by atoms with van der Waals surface area (Å²) in [7, 11) is 0. The van der Waals surface area contributed by atoms with Gasteiger partial charge in [-0.15, -0.1) is 0 Å². The second-order valence-electron chi connectivity index (χ2n) is 3.38. The summed E-state index contributed by atoms with van der Waals surface area (Å²) in [5.41, 5.74) is 2.61. The molecule has 0 unspecified atom stereocenters. The Kier molecular flexibility index (Phi) is 3.30. The topological polar surface area (TPSA) is 20.2 Å². The summed E-state index contributed by atoms with van der Waals surface area (Å²) in [5.74, 6) is 0. The van der Waals surface area contributed by atoms with Gasteiger partial charge in [-0.2, -0.15) is 0 Å². The molecule has 0 saturated heterocycles. The molecule has 0 saturated carbocycles. The Bertz CT molecular complexity index is 241. The summed E-state index contributed by atoms with van der Waals surface area (Å²) in [6.45, 7) is 3.92. The first-order valence-corrected chi connectivity index (χ1v) is 4.42. The van der Waals surface area contributed by atoms with E-state index in [-0.39, 0.29) is 6.10 Å². The van der Waals surface area contributed by atoms with Crippen molar-refractivity contribution >= 4 is 0 Å². The summed E-state index contributed by atoms with van der Waals surface area (Å²) in [5, 5.41) is 9.08. The highest BCUT2D eigenvalue weighted by atomic mass is 16.3. The molecule has 0 aliphatic rings. The van der Waals surface area contributed by atoms with E-state index in [4.69, 9.17) is 5.11 Å². The molecule has 0 heterocycles. The van der Waals surface area contributed by atoms with Gasteiger partial charge in [0.05, 0.1) is 6.10 Å². The first-order chi connectivity index (χ1) is 5.68. The molecule has 0 amide bonds. The third kappa shape index (κ3) is 3.05. The molecule has 1 heteroatoms. The maximum absolute atomic E-state index is 9.08. The van der Waals surface area contributed by atoms with Gasteiger partial charge in [-0.3, -0.25) is 0 Å². The average Bonchev–Trinajstić information content (AvgIpc) is 2.01. The van der Waals surface area contributed by atoms with Gasteiger partial charge in [-0.05, 0) is 32.3 Å². The van der Waals surface area contributed by atoms with E-state index in [0.717, 1.165) is 12.8 Å².